The quantitative estimate of drug-likeness (QED) is 0.283. The third-order valence-corrected chi connectivity index (χ3v) is 4.84. The van der Waals surface area contributed by atoms with E-state index in [1.54, 1.807) is 4.68 Å². The zero-order valence-corrected chi connectivity index (χ0v) is 20.0. The van der Waals surface area contributed by atoms with E-state index in [4.69, 9.17) is 0 Å². The Morgan fingerprint density at radius 2 is 1.90 bits per heavy atom. The molecule has 1 unspecified atom stereocenters. The van der Waals surface area contributed by atoms with Gasteiger partial charge < -0.3 is 20.3 Å². The second-order valence-electron chi connectivity index (χ2n) is 6.86. The van der Waals surface area contributed by atoms with E-state index >= 15 is 0 Å². The number of imidazole rings is 1. The summed E-state index contributed by atoms with van der Waals surface area (Å²) >= 11 is 0. The molecule has 170 valence electrons. The molecule has 0 amide bonds. The smallest absolute Gasteiger partial charge is 0.374 e. The monoisotopic (exact) mass is 543 g/mol. The molecular weight excluding hydrogens is 514 g/mol. The molecule has 0 aliphatic heterocycles. The van der Waals surface area contributed by atoms with Crippen LogP contribution in [0.3, 0.4) is 0 Å². The summed E-state index contributed by atoms with van der Waals surface area (Å²) in [4.78, 5) is 8.13. The van der Waals surface area contributed by atoms with Gasteiger partial charge in [-0.25, -0.2) is 9.98 Å². The molecule has 2 aromatic rings. The molecular formula is C18H29F3IN7O. The Balaban J connectivity index is 0.00000450. The lowest BCUT2D eigenvalue weighted by Gasteiger charge is -2.30. The minimum absolute atomic E-state index is 0. The van der Waals surface area contributed by atoms with Gasteiger partial charge in [-0.15, -0.1) is 24.0 Å². The Labute approximate surface area is 191 Å². The van der Waals surface area contributed by atoms with Crippen LogP contribution in [0.5, 0.6) is 0 Å². The molecule has 12 heteroatoms. The summed E-state index contributed by atoms with van der Waals surface area (Å²) in [6, 6.07) is 0. The van der Waals surface area contributed by atoms with Crippen molar-refractivity contribution in [3.8, 4) is 0 Å². The van der Waals surface area contributed by atoms with Gasteiger partial charge in [0.1, 0.15) is 5.82 Å². The number of aromatic nitrogens is 4. The van der Waals surface area contributed by atoms with Gasteiger partial charge in [0.05, 0.1) is 12.2 Å². The van der Waals surface area contributed by atoms with E-state index in [1.807, 2.05) is 27.8 Å². The zero-order chi connectivity index (χ0) is 21.8. The normalized spacial score (nSPS) is 14.2. The molecule has 2 rings (SSSR count). The fourth-order valence-electron chi connectivity index (χ4n) is 3.05. The number of alkyl halides is 3. The summed E-state index contributed by atoms with van der Waals surface area (Å²) in [5, 5.41) is 20.6. The molecule has 2 aromatic heterocycles. The maximum Gasteiger partial charge on any atom is 0.424 e. The fourth-order valence-corrected chi connectivity index (χ4v) is 3.05. The molecule has 0 bridgehead atoms. The number of aryl methyl sites for hydroxylation is 3. The van der Waals surface area contributed by atoms with E-state index in [1.165, 1.54) is 24.0 Å². The van der Waals surface area contributed by atoms with Crippen molar-refractivity contribution in [3.05, 3.63) is 35.2 Å². The van der Waals surface area contributed by atoms with Crippen LogP contribution in [0.25, 0.3) is 0 Å². The first-order valence-corrected chi connectivity index (χ1v) is 9.29. The van der Waals surface area contributed by atoms with E-state index in [0.29, 0.717) is 19.0 Å². The minimum Gasteiger partial charge on any atom is -0.374 e. The van der Waals surface area contributed by atoms with E-state index in [-0.39, 0.29) is 30.5 Å². The number of guanidine groups is 1. The molecule has 2 heterocycles. The van der Waals surface area contributed by atoms with Gasteiger partial charge in [0.25, 0.3) is 0 Å². The van der Waals surface area contributed by atoms with Crippen LogP contribution < -0.4 is 10.6 Å². The molecule has 3 N–H and O–H groups in total. The standard InChI is InChI=1S/C18H28F3N7O.HI/c1-6-22-16(25-11-14-12(2)26-28(5)13(14)3)24-8-7-17(29,18(19,20)21)15-23-9-10-27(15)4;/h9-10,29H,6-8,11H2,1-5H3,(H2,22,24,25);1H. The van der Waals surface area contributed by atoms with Crippen LogP contribution >= 0.6 is 24.0 Å². The van der Waals surface area contributed by atoms with Gasteiger partial charge in [0.15, 0.2) is 5.96 Å². The number of nitrogens with one attached hydrogen (secondary N) is 2. The zero-order valence-electron chi connectivity index (χ0n) is 17.7. The van der Waals surface area contributed by atoms with Crippen LogP contribution in [0.4, 0.5) is 13.2 Å². The van der Waals surface area contributed by atoms with Gasteiger partial charge in [0, 0.05) is 57.3 Å². The topological polar surface area (TPSA) is 92.3 Å². The summed E-state index contributed by atoms with van der Waals surface area (Å²) in [7, 11) is 3.26. The Morgan fingerprint density at radius 1 is 1.23 bits per heavy atom. The van der Waals surface area contributed by atoms with Gasteiger partial charge in [-0.05, 0) is 20.8 Å². The molecule has 1 atom stereocenters. The summed E-state index contributed by atoms with van der Waals surface area (Å²) in [5.41, 5.74) is -0.273. The number of nitrogens with zero attached hydrogens (tertiary/aromatic N) is 5. The molecule has 0 saturated heterocycles. The maximum absolute atomic E-state index is 13.6. The predicted octanol–water partition coefficient (Wildman–Crippen LogP) is 2.28. The molecule has 0 spiro atoms. The van der Waals surface area contributed by atoms with Crippen LogP contribution in [0, 0.1) is 13.8 Å². The van der Waals surface area contributed by atoms with Crippen molar-refractivity contribution in [2.75, 3.05) is 13.1 Å². The van der Waals surface area contributed by atoms with Gasteiger partial charge in [-0.3, -0.25) is 4.68 Å². The van der Waals surface area contributed by atoms with Crippen LogP contribution in [-0.2, 0) is 26.2 Å². The van der Waals surface area contributed by atoms with Crippen LogP contribution in [-0.4, -0.2) is 49.7 Å². The highest BCUT2D eigenvalue weighted by atomic mass is 127. The van der Waals surface area contributed by atoms with Crippen molar-refractivity contribution in [2.24, 2.45) is 19.1 Å². The van der Waals surface area contributed by atoms with Crippen molar-refractivity contribution < 1.29 is 18.3 Å². The van der Waals surface area contributed by atoms with E-state index in [2.05, 4.69) is 25.7 Å². The maximum atomic E-state index is 13.6. The van der Waals surface area contributed by atoms with E-state index in [0.717, 1.165) is 17.0 Å². The molecule has 0 aromatic carbocycles. The summed E-state index contributed by atoms with van der Waals surface area (Å²) in [6.07, 6.45) is -2.89. The van der Waals surface area contributed by atoms with Crippen molar-refractivity contribution >= 4 is 29.9 Å². The van der Waals surface area contributed by atoms with Crippen molar-refractivity contribution in [1.82, 2.24) is 30.0 Å². The first-order valence-electron chi connectivity index (χ1n) is 9.29. The highest BCUT2D eigenvalue weighted by Crippen LogP contribution is 2.40. The number of hydrogen-bond acceptors (Lipinski definition) is 4. The number of aliphatic imine (C=N–C) groups is 1. The van der Waals surface area contributed by atoms with Gasteiger partial charge in [0.2, 0.25) is 5.60 Å². The molecule has 0 saturated carbocycles. The van der Waals surface area contributed by atoms with Crippen LogP contribution in [0.15, 0.2) is 17.4 Å². The lowest BCUT2D eigenvalue weighted by Crippen LogP contribution is -2.47. The second-order valence-corrected chi connectivity index (χ2v) is 6.86. The van der Waals surface area contributed by atoms with Gasteiger partial charge in [-0.2, -0.15) is 18.3 Å². The number of aliphatic hydroxyl groups is 1. The fraction of sp³-hybridized carbons (Fsp3) is 0.611. The van der Waals surface area contributed by atoms with Crippen molar-refractivity contribution in [1.29, 1.82) is 0 Å². The largest absolute Gasteiger partial charge is 0.424 e. The Morgan fingerprint density at radius 3 is 2.37 bits per heavy atom. The Kier molecular flexibility index (Phi) is 9.14. The SMILES string of the molecule is CCNC(=NCc1c(C)nn(C)c1C)NCCC(O)(c1nccn1C)C(F)(F)F.I. The molecule has 0 radical (unpaired) electrons. The lowest BCUT2D eigenvalue weighted by atomic mass is 9.97. The Bertz CT molecular complexity index is 863. The number of hydrogen-bond donors (Lipinski definition) is 3. The second kappa shape index (κ2) is 10.5. The molecule has 0 aliphatic carbocycles. The molecule has 0 aliphatic rings. The highest BCUT2D eigenvalue weighted by molar-refractivity contribution is 14.0. The lowest BCUT2D eigenvalue weighted by molar-refractivity contribution is -0.272. The molecule has 30 heavy (non-hydrogen) atoms. The summed E-state index contributed by atoms with van der Waals surface area (Å²) in [6.45, 7) is 6.40. The van der Waals surface area contributed by atoms with Gasteiger partial charge >= 0.3 is 6.18 Å². The minimum atomic E-state index is -4.87. The number of halogens is 4. The first-order chi connectivity index (χ1) is 13.5. The van der Waals surface area contributed by atoms with Crippen LogP contribution in [0.2, 0.25) is 0 Å². The number of rotatable bonds is 7. The third-order valence-electron chi connectivity index (χ3n) is 4.84. The summed E-state index contributed by atoms with van der Waals surface area (Å²) < 4.78 is 43.7. The van der Waals surface area contributed by atoms with Crippen LogP contribution in [0.1, 0.15) is 36.1 Å². The molecule has 0 fully saturated rings. The van der Waals surface area contributed by atoms with E-state index in [9.17, 15) is 18.3 Å². The average molecular weight is 543 g/mol. The highest BCUT2D eigenvalue weighted by Gasteiger charge is 2.57. The predicted molar refractivity (Wildman–Crippen MR) is 119 cm³/mol. The first kappa shape index (κ1) is 26.2. The molecule has 8 nitrogen and oxygen atoms in total. The van der Waals surface area contributed by atoms with E-state index < -0.39 is 24.0 Å². The van der Waals surface area contributed by atoms with Gasteiger partial charge in [-0.1, -0.05) is 0 Å². The van der Waals surface area contributed by atoms with Crippen molar-refractivity contribution in [3.63, 3.8) is 0 Å². The van der Waals surface area contributed by atoms with Crippen molar-refractivity contribution in [2.45, 2.75) is 45.5 Å². The summed E-state index contributed by atoms with van der Waals surface area (Å²) in [5.74, 6) is -0.0881. The average Bonchev–Trinajstić information content (AvgIpc) is 3.15. The Hall–Kier alpha value is -1.83. The third kappa shape index (κ3) is 5.65.